The van der Waals surface area contributed by atoms with Crippen LogP contribution in [0, 0.1) is 0 Å². The third-order valence-corrected chi connectivity index (χ3v) is 3.01. The van der Waals surface area contributed by atoms with Crippen LogP contribution in [0.2, 0.25) is 0 Å². The lowest BCUT2D eigenvalue weighted by molar-refractivity contribution is -0.133. The molecule has 2 rings (SSSR count). The van der Waals surface area contributed by atoms with E-state index >= 15 is 0 Å². The van der Waals surface area contributed by atoms with Crippen LogP contribution in [0.1, 0.15) is 31.2 Å². The van der Waals surface area contributed by atoms with Crippen LogP contribution in [0.4, 0.5) is 4.79 Å². The summed E-state index contributed by atoms with van der Waals surface area (Å²) in [6.45, 7) is 0.758. The van der Waals surface area contributed by atoms with E-state index in [4.69, 9.17) is 4.74 Å². The summed E-state index contributed by atoms with van der Waals surface area (Å²) >= 11 is 0. The fourth-order valence-electron chi connectivity index (χ4n) is 1.97. The van der Waals surface area contributed by atoms with E-state index in [0.29, 0.717) is 13.0 Å². The summed E-state index contributed by atoms with van der Waals surface area (Å²) in [5.41, 5.74) is 3.42. The lowest BCUT2D eigenvalue weighted by atomic mass is 10.2. The van der Waals surface area contributed by atoms with Gasteiger partial charge in [0.15, 0.2) is 0 Å². The Balaban J connectivity index is 1.79. The van der Waals surface area contributed by atoms with Crippen LogP contribution in [-0.2, 0) is 16.1 Å². The molecule has 5 nitrogen and oxygen atoms in total. The van der Waals surface area contributed by atoms with Gasteiger partial charge in [0.05, 0.1) is 0 Å². The maximum Gasteiger partial charge on any atom is 0.426 e. The topological polar surface area (TPSA) is 58.6 Å². The Morgan fingerprint density at radius 3 is 2.79 bits per heavy atom. The van der Waals surface area contributed by atoms with Gasteiger partial charge in [0.1, 0.15) is 6.61 Å². The third kappa shape index (κ3) is 4.28. The zero-order chi connectivity index (χ0) is 13.5. The van der Waals surface area contributed by atoms with Gasteiger partial charge in [-0.05, 0) is 18.4 Å². The van der Waals surface area contributed by atoms with Crippen LogP contribution in [0.15, 0.2) is 30.3 Å². The van der Waals surface area contributed by atoms with Crippen molar-refractivity contribution in [2.75, 3.05) is 6.54 Å². The molecule has 1 N–H and O–H groups in total. The van der Waals surface area contributed by atoms with Crippen molar-refractivity contribution in [1.82, 2.24) is 10.4 Å². The third-order valence-electron chi connectivity index (χ3n) is 3.01. The van der Waals surface area contributed by atoms with Crippen LogP contribution in [0.25, 0.3) is 0 Å². The van der Waals surface area contributed by atoms with Crippen molar-refractivity contribution in [3.63, 3.8) is 0 Å². The number of hydrogen-bond donors (Lipinski definition) is 1. The summed E-state index contributed by atoms with van der Waals surface area (Å²) in [7, 11) is 0. The molecule has 0 bridgehead atoms. The van der Waals surface area contributed by atoms with Crippen LogP contribution >= 0.6 is 0 Å². The number of benzene rings is 1. The molecule has 1 saturated heterocycles. The summed E-state index contributed by atoms with van der Waals surface area (Å²) < 4.78 is 5.08. The number of carbonyl (C=O) groups is 2. The molecule has 0 radical (unpaired) electrons. The number of rotatable bonds is 3. The first-order valence-corrected chi connectivity index (χ1v) is 6.53. The lowest BCUT2D eigenvalue weighted by Crippen LogP contribution is -2.46. The zero-order valence-corrected chi connectivity index (χ0v) is 10.8. The van der Waals surface area contributed by atoms with Crippen molar-refractivity contribution >= 4 is 12.0 Å². The molecule has 19 heavy (non-hydrogen) atoms. The summed E-state index contributed by atoms with van der Waals surface area (Å²) in [5.74, 6) is -0.0471. The highest BCUT2D eigenvalue weighted by Gasteiger charge is 2.18. The minimum absolute atomic E-state index is 0.0471. The minimum Gasteiger partial charge on any atom is -0.443 e. The SMILES string of the molecule is O=C(NN1CCCCCC1=O)OCc1ccccc1. The Morgan fingerprint density at radius 2 is 2.00 bits per heavy atom. The molecule has 2 amide bonds. The first-order chi connectivity index (χ1) is 9.25. The smallest absolute Gasteiger partial charge is 0.426 e. The standard InChI is InChI=1S/C14H18N2O3/c17-13-9-5-2-6-10-16(13)15-14(18)19-11-12-7-3-1-4-8-12/h1,3-4,7-8H,2,5-6,9-11H2,(H,15,18). The molecule has 0 saturated carbocycles. The van der Waals surface area contributed by atoms with Crippen molar-refractivity contribution < 1.29 is 14.3 Å². The number of carbonyl (C=O) groups excluding carboxylic acids is 2. The van der Waals surface area contributed by atoms with Crippen LogP contribution in [0.5, 0.6) is 0 Å². The molecular weight excluding hydrogens is 244 g/mol. The van der Waals surface area contributed by atoms with Crippen molar-refractivity contribution in [2.45, 2.75) is 32.3 Å². The van der Waals surface area contributed by atoms with Gasteiger partial charge in [0.2, 0.25) is 5.91 Å². The summed E-state index contributed by atoms with van der Waals surface area (Å²) in [6, 6.07) is 9.43. The monoisotopic (exact) mass is 262 g/mol. The second kappa shape index (κ2) is 6.78. The summed E-state index contributed by atoms with van der Waals surface area (Å²) in [5, 5.41) is 1.36. The maximum absolute atomic E-state index is 11.7. The predicted molar refractivity (Wildman–Crippen MR) is 69.9 cm³/mol. The highest BCUT2D eigenvalue weighted by Crippen LogP contribution is 2.09. The average Bonchev–Trinajstić information content (AvgIpc) is 2.63. The lowest BCUT2D eigenvalue weighted by Gasteiger charge is -2.20. The van der Waals surface area contributed by atoms with E-state index in [1.54, 1.807) is 0 Å². The van der Waals surface area contributed by atoms with Gasteiger partial charge >= 0.3 is 6.09 Å². The highest BCUT2D eigenvalue weighted by atomic mass is 16.6. The van der Waals surface area contributed by atoms with Crippen LogP contribution < -0.4 is 5.43 Å². The van der Waals surface area contributed by atoms with Gasteiger partial charge in [-0.1, -0.05) is 36.8 Å². The Kier molecular flexibility index (Phi) is 4.78. The Morgan fingerprint density at radius 1 is 1.21 bits per heavy atom. The van der Waals surface area contributed by atoms with Crippen molar-refractivity contribution in [2.24, 2.45) is 0 Å². The van der Waals surface area contributed by atoms with Crippen molar-refractivity contribution in [3.8, 4) is 0 Å². The van der Waals surface area contributed by atoms with Crippen molar-refractivity contribution in [3.05, 3.63) is 35.9 Å². The molecular formula is C14H18N2O3. The molecule has 0 spiro atoms. The number of nitrogens with zero attached hydrogens (tertiary/aromatic N) is 1. The first kappa shape index (κ1) is 13.4. The average molecular weight is 262 g/mol. The number of hydrogen-bond acceptors (Lipinski definition) is 3. The number of ether oxygens (including phenoxy) is 1. The van der Waals surface area contributed by atoms with Gasteiger partial charge in [-0.3, -0.25) is 9.80 Å². The maximum atomic E-state index is 11.7. The first-order valence-electron chi connectivity index (χ1n) is 6.53. The van der Waals surface area contributed by atoms with Gasteiger partial charge < -0.3 is 4.74 Å². The second-order valence-corrected chi connectivity index (χ2v) is 4.53. The van der Waals surface area contributed by atoms with Gasteiger partial charge in [-0.2, -0.15) is 0 Å². The number of nitrogens with one attached hydrogen (secondary N) is 1. The molecule has 102 valence electrons. The Bertz CT molecular complexity index is 434. The number of hydrazine groups is 1. The van der Waals surface area contributed by atoms with Gasteiger partial charge in [-0.25, -0.2) is 10.2 Å². The Hall–Kier alpha value is -2.04. The molecule has 0 aromatic heterocycles. The normalized spacial score (nSPS) is 15.8. The molecule has 1 aliphatic heterocycles. The van der Waals surface area contributed by atoms with E-state index in [0.717, 1.165) is 24.8 Å². The van der Waals surface area contributed by atoms with E-state index in [2.05, 4.69) is 5.43 Å². The predicted octanol–water partition coefficient (Wildman–Crippen LogP) is 2.23. The fourth-order valence-corrected chi connectivity index (χ4v) is 1.97. The number of amides is 2. The van der Waals surface area contributed by atoms with E-state index in [9.17, 15) is 9.59 Å². The minimum atomic E-state index is -0.584. The molecule has 0 atom stereocenters. The molecule has 1 aromatic carbocycles. The summed E-state index contributed by atoms with van der Waals surface area (Å²) in [6.07, 6.45) is 2.71. The Labute approximate surface area is 112 Å². The van der Waals surface area contributed by atoms with Crippen molar-refractivity contribution in [1.29, 1.82) is 0 Å². The van der Waals surface area contributed by atoms with Crippen LogP contribution in [0.3, 0.4) is 0 Å². The molecule has 1 fully saturated rings. The largest absolute Gasteiger partial charge is 0.443 e. The van der Waals surface area contributed by atoms with Gasteiger partial charge in [0, 0.05) is 13.0 Å². The van der Waals surface area contributed by atoms with E-state index < -0.39 is 6.09 Å². The van der Waals surface area contributed by atoms with E-state index in [1.165, 1.54) is 5.01 Å². The van der Waals surface area contributed by atoms with Gasteiger partial charge in [-0.15, -0.1) is 0 Å². The molecule has 1 heterocycles. The van der Waals surface area contributed by atoms with E-state index in [1.807, 2.05) is 30.3 Å². The second-order valence-electron chi connectivity index (χ2n) is 4.53. The molecule has 0 aliphatic carbocycles. The van der Waals surface area contributed by atoms with Crippen LogP contribution in [-0.4, -0.2) is 23.6 Å². The molecule has 1 aliphatic rings. The van der Waals surface area contributed by atoms with Gasteiger partial charge in [0.25, 0.3) is 0 Å². The highest BCUT2D eigenvalue weighted by molar-refractivity contribution is 5.79. The molecule has 1 aromatic rings. The zero-order valence-electron chi connectivity index (χ0n) is 10.8. The molecule has 5 heteroatoms. The van der Waals surface area contributed by atoms with E-state index in [-0.39, 0.29) is 12.5 Å². The fraction of sp³-hybridized carbons (Fsp3) is 0.429. The quantitative estimate of drug-likeness (QED) is 0.908. The molecule has 0 unspecified atom stereocenters. The summed E-state index contributed by atoms with van der Waals surface area (Å²) in [4.78, 5) is 23.3.